The van der Waals surface area contributed by atoms with Crippen LogP contribution in [0.4, 0.5) is 4.39 Å². The fraction of sp³-hybridized carbons (Fsp3) is 0.529. The molecule has 0 spiro atoms. The lowest BCUT2D eigenvalue weighted by Gasteiger charge is -2.30. The van der Waals surface area contributed by atoms with Crippen LogP contribution in [-0.2, 0) is 9.53 Å². The summed E-state index contributed by atoms with van der Waals surface area (Å²) in [5.41, 5.74) is 0.246. The molecule has 1 aromatic carbocycles. The van der Waals surface area contributed by atoms with Gasteiger partial charge in [0.05, 0.1) is 32.9 Å². The molecule has 7 nitrogen and oxygen atoms in total. The highest BCUT2D eigenvalue weighted by Gasteiger charge is 2.36. The highest BCUT2D eigenvalue weighted by Crippen LogP contribution is 2.24. The molecule has 2 heterocycles. The van der Waals surface area contributed by atoms with Gasteiger partial charge in [0, 0.05) is 31.1 Å². The lowest BCUT2D eigenvalue weighted by atomic mass is 10.1. The minimum absolute atomic E-state index is 0.0268. The average molecular weight is 352 g/mol. The standard InChI is InChI=1S/C17H21FN2O5/c1-24-15-3-2-12(4-14(15)18)17(23)20-6-11-5-19(8-16(21)22)7-13(20)10-25-9-11/h2-4,11,13H,5-10H2,1H3,(H,21,22)/t11-,13-/m0/s1. The zero-order chi connectivity index (χ0) is 18.0. The molecular weight excluding hydrogens is 331 g/mol. The van der Waals surface area contributed by atoms with Gasteiger partial charge >= 0.3 is 5.97 Å². The number of nitrogens with zero attached hydrogens (tertiary/aromatic N) is 2. The number of carbonyl (C=O) groups is 2. The number of amides is 1. The van der Waals surface area contributed by atoms with Crippen LogP contribution in [0.2, 0.25) is 0 Å². The van der Waals surface area contributed by atoms with Crippen molar-refractivity contribution >= 4 is 11.9 Å². The Morgan fingerprint density at radius 3 is 2.80 bits per heavy atom. The predicted molar refractivity (Wildman–Crippen MR) is 86.2 cm³/mol. The van der Waals surface area contributed by atoms with Crippen molar-refractivity contribution in [2.24, 2.45) is 5.92 Å². The number of carboxylic acid groups (broad SMARTS) is 1. The Morgan fingerprint density at radius 2 is 2.12 bits per heavy atom. The van der Waals surface area contributed by atoms with Gasteiger partial charge in [0.2, 0.25) is 0 Å². The van der Waals surface area contributed by atoms with Crippen LogP contribution in [0.1, 0.15) is 10.4 Å². The first kappa shape index (κ1) is 17.6. The molecule has 1 amide bonds. The van der Waals surface area contributed by atoms with E-state index in [0.29, 0.717) is 32.8 Å². The van der Waals surface area contributed by atoms with Crippen molar-refractivity contribution in [3.8, 4) is 5.75 Å². The van der Waals surface area contributed by atoms with E-state index in [2.05, 4.69) is 0 Å². The number of rotatable bonds is 4. The maximum absolute atomic E-state index is 13.9. The Hall–Kier alpha value is -2.19. The lowest BCUT2D eigenvalue weighted by molar-refractivity contribution is -0.138. The second kappa shape index (κ2) is 7.37. The molecule has 2 saturated heterocycles. The van der Waals surface area contributed by atoms with Crippen molar-refractivity contribution in [1.29, 1.82) is 0 Å². The number of halogens is 1. The molecule has 136 valence electrons. The third-order valence-corrected chi connectivity index (χ3v) is 4.56. The minimum Gasteiger partial charge on any atom is -0.494 e. The van der Waals surface area contributed by atoms with Crippen molar-refractivity contribution in [1.82, 2.24) is 9.80 Å². The van der Waals surface area contributed by atoms with Crippen LogP contribution in [0.15, 0.2) is 18.2 Å². The van der Waals surface area contributed by atoms with Gasteiger partial charge in [-0.05, 0) is 18.2 Å². The second-order valence-corrected chi connectivity index (χ2v) is 6.45. The summed E-state index contributed by atoms with van der Waals surface area (Å²) in [5.74, 6) is -1.65. The lowest BCUT2D eigenvalue weighted by Crippen LogP contribution is -2.47. The molecule has 2 aliphatic rings. The monoisotopic (exact) mass is 352 g/mol. The van der Waals surface area contributed by atoms with E-state index in [4.69, 9.17) is 14.6 Å². The summed E-state index contributed by atoms with van der Waals surface area (Å²) >= 11 is 0. The maximum atomic E-state index is 13.9. The number of aliphatic carboxylic acids is 1. The van der Waals surface area contributed by atoms with Crippen LogP contribution in [0.5, 0.6) is 5.75 Å². The molecule has 0 unspecified atom stereocenters. The molecule has 0 aliphatic carbocycles. The van der Waals surface area contributed by atoms with Gasteiger partial charge in [0.1, 0.15) is 0 Å². The number of carbonyl (C=O) groups excluding carboxylic acids is 1. The number of fused-ring (bicyclic) bond motifs is 3. The molecule has 0 radical (unpaired) electrons. The highest BCUT2D eigenvalue weighted by molar-refractivity contribution is 5.94. The van der Waals surface area contributed by atoms with E-state index in [1.165, 1.54) is 25.3 Å². The summed E-state index contributed by atoms with van der Waals surface area (Å²) in [7, 11) is 1.37. The summed E-state index contributed by atoms with van der Waals surface area (Å²) in [4.78, 5) is 27.4. The van der Waals surface area contributed by atoms with Crippen LogP contribution >= 0.6 is 0 Å². The van der Waals surface area contributed by atoms with Crippen molar-refractivity contribution in [2.45, 2.75) is 6.04 Å². The van der Waals surface area contributed by atoms with E-state index >= 15 is 0 Å². The molecule has 0 saturated carbocycles. The fourth-order valence-electron chi connectivity index (χ4n) is 3.47. The van der Waals surface area contributed by atoms with Crippen LogP contribution in [0.3, 0.4) is 0 Å². The second-order valence-electron chi connectivity index (χ2n) is 6.45. The molecule has 2 atom stereocenters. The summed E-state index contributed by atoms with van der Waals surface area (Å²) in [6, 6.07) is 3.88. The third-order valence-electron chi connectivity index (χ3n) is 4.56. The third kappa shape index (κ3) is 3.91. The zero-order valence-electron chi connectivity index (χ0n) is 14.0. The smallest absolute Gasteiger partial charge is 0.317 e. The largest absolute Gasteiger partial charge is 0.494 e. The Labute approximate surface area is 144 Å². The van der Waals surface area contributed by atoms with E-state index in [1.807, 2.05) is 4.90 Å². The van der Waals surface area contributed by atoms with Crippen LogP contribution < -0.4 is 4.74 Å². The number of benzene rings is 1. The van der Waals surface area contributed by atoms with Gasteiger partial charge in [-0.15, -0.1) is 0 Å². The first-order valence-electron chi connectivity index (χ1n) is 8.14. The fourth-order valence-corrected chi connectivity index (χ4v) is 3.47. The van der Waals surface area contributed by atoms with Gasteiger partial charge in [-0.25, -0.2) is 4.39 Å². The van der Waals surface area contributed by atoms with E-state index in [1.54, 1.807) is 4.90 Å². The number of carboxylic acids is 1. The summed E-state index contributed by atoms with van der Waals surface area (Å²) in [6.45, 7) is 2.21. The van der Waals surface area contributed by atoms with Crippen LogP contribution in [0, 0.1) is 11.7 Å². The van der Waals surface area contributed by atoms with E-state index < -0.39 is 11.8 Å². The van der Waals surface area contributed by atoms with E-state index in [0.717, 1.165) is 0 Å². The van der Waals surface area contributed by atoms with Crippen molar-refractivity contribution in [2.75, 3.05) is 46.5 Å². The molecule has 3 rings (SSSR count). The molecule has 8 heteroatoms. The van der Waals surface area contributed by atoms with Gasteiger partial charge in [0.25, 0.3) is 5.91 Å². The first-order valence-corrected chi connectivity index (χ1v) is 8.14. The SMILES string of the molecule is COc1ccc(C(=O)N2C[C@H]3COC[C@@H]2CN(CC(=O)O)C3)cc1F. The van der Waals surface area contributed by atoms with Gasteiger partial charge in [-0.1, -0.05) is 0 Å². The number of hydrogen-bond acceptors (Lipinski definition) is 5. The molecule has 25 heavy (non-hydrogen) atoms. The number of methoxy groups -OCH3 is 1. The highest BCUT2D eigenvalue weighted by atomic mass is 19.1. The molecular formula is C17H21FN2O5. The normalized spacial score (nSPS) is 23.8. The number of ether oxygens (including phenoxy) is 2. The van der Waals surface area contributed by atoms with Gasteiger partial charge in [-0.2, -0.15) is 0 Å². The average Bonchev–Trinajstić information content (AvgIpc) is 2.84. The van der Waals surface area contributed by atoms with Gasteiger partial charge < -0.3 is 19.5 Å². The Morgan fingerprint density at radius 1 is 1.32 bits per heavy atom. The topological polar surface area (TPSA) is 79.3 Å². The van der Waals surface area contributed by atoms with Crippen molar-refractivity contribution in [3.05, 3.63) is 29.6 Å². The predicted octanol–water partition coefficient (Wildman–Crippen LogP) is 0.692. The maximum Gasteiger partial charge on any atom is 0.317 e. The summed E-state index contributed by atoms with van der Waals surface area (Å²) < 4.78 is 24.5. The minimum atomic E-state index is -0.893. The molecule has 2 bridgehead atoms. The molecule has 0 aromatic heterocycles. The Kier molecular flexibility index (Phi) is 5.19. The van der Waals surface area contributed by atoms with Crippen LogP contribution in [0.25, 0.3) is 0 Å². The number of hydrogen-bond donors (Lipinski definition) is 1. The van der Waals surface area contributed by atoms with E-state index in [9.17, 15) is 14.0 Å². The molecule has 2 fully saturated rings. The molecule has 2 aliphatic heterocycles. The Bertz CT molecular complexity index is 668. The van der Waals surface area contributed by atoms with E-state index in [-0.39, 0.29) is 35.7 Å². The first-order chi connectivity index (χ1) is 12.0. The summed E-state index contributed by atoms with van der Waals surface area (Å²) in [6.07, 6.45) is 0. The molecule has 1 aromatic rings. The van der Waals surface area contributed by atoms with Gasteiger partial charge in [0.15, 0.2) is 11.6 Å². The zero-order valence-corrected chi connectivity index (χ0v) is 14.0. The van der Waals surface area contributed by atoms with Crippen LogP contribution in [-0.4, -0.2) is 79.3 Å². The van der Waals surface area contributed by atoms with Crippen molar-refractivity contribution < 1.29 is 28.6 Å². The molecule has 1 N–H and O–H groups in total. The summed E-state index contributed by atoms with van der Waals surface area (Å²) in [5, 5.41) is 9.05. The Balaban J connectivity index is 1.82. The quantitative estimate of drug-likeness (QED) is 0.859. The van der Waals surface area contributed by atoms with Crippen molar-refractivity contribution in [3.63, 3.8) is 0 Å². The van der Waals surface area contributed by atoms with Gasteiger partial charge in [-0.3, -0.25) is 14.5 Å².